The Morgan fingerprint density at radius 3 is 2.54 bits per heavy atom. The van der Waals surface area contributed by atoms with Gasteiger partial charge in [0.25, 0.3) is 0 Å². The van der Waals surface area contributed by atoms with Gasteiger partial charge in [0, 0.05) is 26.3 Å². The van der Waals surface area contributed by atoms with E-state index in [-0.39, 0.29) is 24.0 Å². The van der Waals surface area contributed by atoms with Crippen molar-refractivity contribution in [2.24, 2.45) is 10.7 Å². The molecule has 0 atom stereocenters. The van der Waals surface area contributed by atoms with Crippen LogP contribution in [0.3, 0.4) is 0 Å². The van der Waals surface area contributed by atoms with Crippen LogP contribution in [0.2, 0.25) is 0 Å². The molecule has 7 heteroatoms. The highest BCUT2D eigenvalue weighted by Gasteiger charge is 2.07. The molecule has 0 aromatic heterocycles. The number of nitrogens with one attached hydrogen (secondary N) is 1. The van der Waals surface area contributed by atoms with E-state index in [4.69, 9.17) is 19.9 Å². The number of hydrogen-bond acceptors (Lipinski definition) is 4. The molecule has 0 aliphatic rings. The van der Waals surface area contributed by atoms with Crippen LogP contribution >= 0.6 is 24.0 Å². The molecule has 1 aromatic rings. The Morgan fingerprint density at radius 2 is 1.88 bits per heavy atom. The summed E-state index contributed by atoms with van der Waals surface area (Å²) in [6, 6.07) is 5.62. The van der Waals surface area contributed by atoms with Crippen molar-refractivity contribution < 1.29 is 14.2 Å². The molecule has 0 aliphatic carbocycles. The number of ether oxygens (including phenoxy) is 3. The van der Waals surface area contributed by atoms with Gasteiger partial charge in [0.05, 0.1) is 18.9 Å². The molecule has 0 spiro atoms. The highest BCUT2D eigenvalue weighted by atomic mass is 127. The first-order valence-corrected chi connectivity index (χ1v) is 8.16. The summed E-state index contributed by atoms with van der Waals surface area (Å²) < 4.78 is 16.1. The van der Waals surface area contributed by atoms with Crippen LogP contribution in [0, 0.1) is 0 Å². The number of methoxy groups -OCH3 is 1. The van der Waals surface area contributed by atoms with Gasteiger partial charge in [0.1, 0.15) is 11.5 Å². The number of rotatable bonds is 11. The van der Waals surface area contributed by atoms with Gasteiger partial charge >= 0.3 is 0 Å². The van der Waals surface area contributed by atoms with Crippen LogP contribution in [0.15, 0.2) is 23.2 Å². The predicted molar refractivity (Wildman–Crippen MR) is 110 cm³/mol. The molecule has 6 nitrogen and oxygen atoms in total. The first kappa shape index (κ1) is 22.8. The van der Waals surface area contributed by atoms with Crippen molar-refractivity contribution in [3.8, 4) is 11.5 Å². The third kappa shape index (κ3) is 9.17. The van der Waals surface area contributed by atoms with Crippen LogP contribution in [0.25, 0.3) is 0 Å². The van der Waals surface area contributed by atoms with E-state index < -0.39 is 0 Å². The minimum atomic E-state index is 0. The first-order valence-electron chi connectivity index (χ1n) is 8.16. The molecule has 0 saturated heterocycles. The Labute approximate surface area is 162 Å². The smallest absolute Gasteiger partial charge is 0.193 e. The van der Waals surface area contributed by atoms with Crippen molar-refractivity contribution in [3.63, 3.8) is 0 Å². The van der Waals surface area contributed by atoms with Crippen molar-refractivity contribution in [1.29, 1.82) is 0 Å². The number of nitrogens with two attached hydrogens (primary N) is 1. The Kier molecular flexibility index (Phi) is 13.4. The number of unbranched alkanes of at least 4 members (excludes halogenated alkanes) is 2. The van der Waals surface area contributed by atoms with E-state index in [1.165, 1.54) is 0 Å². The Balaban J connectivity index is 0.00000529. The summed E-state index contributed by atoms with van der Waals surface area (Å²) in [4.78, 5) is 4.34. The third-order valence-electron chi connectivity index (χ3n) is 3.11. The summed E-state index contributed by atoms with van der Waals surface area (Å²) in [6.45, 7) is 6.56. The molecule has 1 aromatic carbocycles. The zero-order valence-corrected chi connectivity index (χ0v) is 17.2. The molecular weight excluding hydrogens is 421 g/mol. The van der Waals surface area contributed by atoms with Crippen LogP contribution in [0.4, 0.5) is 5.69 Å². The molecule has 0 unspecified atom stereocenters. The number of halogens is 1. The molecule has 0 bridgehead atoms. The fraction of sp³-hybridized carbons (Fsp3) is 0.588. The van der Waals surface area contributed by atoms with Crippen LogP contribution in [-0.4, -0.2) is 39.4 Å². The number of guanidine groups is 1. The SMILES string of the molecule is CCOc1ccc(OCC)c(NC(N)=NCCCCCOC)c1.I. The Morgan fingerprint density at radius 1 is 1.12 bits per heavy atom. The van der Waals surface area contributed by atoms with E-state index in [2.05, 4.69) is 10.3 Å². The summed E-state index contributed by atoms with van der Waals surface area (Å²) in [7, 11) is 1.71. The molecule has 0 heterocycles. The average molecular weight is 451 g/mol. The van der Waals surface area contributed by atoms with Crippen molar-refractivity contribution in [2.45, 2.75) is 33.1 Å². The number of hydrogen-bond donors (Lipinski definition) is 2. The van der Waals surface area contributed by atoms with Crippen LogP contribution in [0.1, 0.15) is 33.1 Å². The van der Waals surface area contributed by atoms with Crippen molar-refractivity contribution in [2.75, 3.05) is 38.8 Å². The average Bonchev–Trinajstić information content (AvgIpc) is 2.53. The lowest BCUT2D eigenvalue weighted by Crippen LogP contribution is -2.23. The van der Waals surface area contributed by atoms with E-state index in [1.54, 1.807) is 7.11 Å². The fourth-order valence-corrected chi connectivity index (χ4v) is 2.06. The molecule has 24 heavy (non-hydrogen) atoms. The van der Waals surface area contributed by atoms with E-state index in [1.807, 2.05) is 32.0 Å². The van der Waals surface area contributed by atoms with Crippen molar-refractivity contribution in [3.05, 3.63) is 18.2 Å². The summed E-state index contributed by atoms with van der Waals surface area (Å²) in [5.74, 6) is 1.88. The number of nitrogens with zero attached hydrogens (tertiary/aromatic N) is 1. The quantitative estimate of drug-likeness (QED) is 0.233. The topological polar surface area (TPSA) is 78.1 Å². The standard InChI is InChI=1S/C17H29N3O3.HI/c1-4-22-14-9-10-16(23-5-2)15(13-14)20-17(18)19-11-7-6-8-12-21-3;/h9-10,13H,4-8,11-12H2,1-3H3,(H3,18,19,20);1H. The maximum absolute atomic E-state index is 5.95. The monoisotopic (exact) mass is 451 g/mol. The second-order valence-electron chi connectivity index (χ2n) is 4.97. The molecular formula is C17H30IN3O3. The van der Waals surface area contributed by atoms with Gasteiger partial charge in [0.2, 0.25) is 0 Å². The van der Waals surface area contributed by atoms with Gasteiger partial charge in [-0.05, 0) is 45.2 Å². The highest BCUT2D eigenvalue weighted by molar-refractivity contribution is 14.0. The largest absolute Gasteiger partial charge is 0.494 e. The van der Waals surface area contributed by atoms with Gasteiger partial charge in [-0.15, -0.1) is 24.0 Å². The highest BCUT2D eigenvalue weighted by Crippen LogP contribution is 2.29. The van der Waals surface area contributed by atoms with Gasteiger partial charge in [-0.1, -0.05) is 0 Å². The number of anilines is 1. The first-order chi connectivity index (χ1) is 11.2. The predicted octanol–water partition coefficient (Wildman–Crippen LogP) is 3.65. The van der Waals surface area contributed by atoms with Gasteiger partial charge in [-0.25, -0.2) is 0 Å². The Bertz CT molecular complexity index is 484. The molecule has 3 N–H and O–H groups in total. The summed E-state index contributed by atoms with van der Waals surface area (Å²) in [6.07, 6.45) is 3.11. The molecule has 0 aliphatic heterocycles. The summed E-state index contributed by atoms with van der Waals surface area (Å²) in [5.41, 5.74) is 6.72. The number of benzene rings is 1. The number of aliphatic imine (C=N–C) groups is 1. The zero-order chi connectivity index (χ0) is 16.9. The third-order valence-corrected chi connectivity index (χ3v) is 3.11. The summed E-state index contributed by atoms with van der Waals surface area (Å²) >= 11 is 0. The molecule has 0 radical (unpaired) electrons. The van der Waals surface area contributed by atoms with Gasteiger partial charge in [-0.3, -0.25) is 4.99 Å². The van der Waals surface area contributed by atoms with E-state index in [0.717, 1.165) is 43.1 Å². The second-order valence-corrected chi connectivity index (χ2v) is 4.97. The summed E-state index contributed by atoms with van der Waals surface area (Å²) in [5, 5.41) is 3.09. The lowest BCUT2D eigenvalue weighted by molar-refractivity contribution is 0.192. The molecule has 0 saturated carbocycles. The van der Waals surface area contributed by atoms with Gasteiger partial charge in [-0.2, -0.15) is 0 Å². The van der Waals surface area contributed by atoms with E-state index in [0.29, 0.717) is 25.7 Å². The zero-order valence-electron chi connectivity index (χ0n) is 14.8. The van der Waals surface area contributed by atoms with Crippen molar-refractivity contribution >= 4 is 35.6 Å². The molecule has 0 fully saturated rings. The normalized spacial score (nSPS) is 10.9. The molecule has 1 rings (SSSR count). The second kappa shape index (κ2) is 14.2. The molecule has 0 amide bonds. The lowest BCUT2D eigenvalue weighted by Gasteiger charge is -2.14. The van der Waals surface area contributed by atoms with E-state index in [9.17, 15) is 0 Å². The minimum absolute atomic E-state index is 0. The van der Waals surface area contributed by atoms with Gasteiger partial charge in [0.15, 0.2) is 5.96 Å². The fourth-order valence-electron chi connectivity index (χ4n) is 2.06. The van der Waals surface area contributed by atoms with Gasteiger partial charge < -0.3 is 25.3 Å². The molecule has 138 valence electrons. The minimum Gasteiger partial charge on any atom is -0.494 e. The van der Waals surface area contributed by atoms with Crippen molar-refractivity contribution in [1.82, 2.24) is 0 Å². The van der Waals surface area contributed by atoms with E-state index >= 15 is 0 Å². The maximum Gasteiger partial charge on any atom is 0.193 e. The van der Waals surface area contributed by atoms with Crippen LogP contribution in [-0.2, 0) is 4.74 Å². The lowest BCUT2D eigenvalue weighted by atomic mass is 10.2. The van der Waals surface area contributed by atoms with Crippen LogP contribution in [0.5, 0.6) is 11.5 Å². The Hall–Kier alpha value is -1.22. The maximum atomic E-state index is 5.95. The van der Waals surface area contributed by atoms with Crippen LogP contribution < -0.4 is 20.5 Å².